The van der Waals surface area contributed by atoms with E-state index in [1.807, 2.05) is 0 Å². The van der Waals surface area contributed by atoms with Gasteiger partial charge in [0.1, 0.15) is 0 Å². The minimum absolute atomic E-state index is 0.00853. The topological polar surface area (TPSA) is 8.17 Å². The summed E-state index contributed by atoms with van der Waals surface area (Å²) >= 11 is 0. The zero-order valence-corrected chi connectivity index (χ0v) is 25.4. The number of fused-ring (bicyclic) bond motifs is 8. The molecular weight excluding hydrogens is 544 g/mol. The summed E-state index contributed by atoms with van der Waals surface area (Å²) in [4.78, 5) is 2.34. The van der Waals surface area contributed by atoms with Gasteiger partial charge in [0, 0.05) is 38.9 Å². The molecule has 1 heterocycles. The van der Waals surface area contributed by atoms with E-state index in [1.54, 1.807) is 0 Å². The first-order valence-electron chi connectivity index (χ1n) is 15.7. The van der Waals surface area contributed by atoms with Crippen LogP contribution in [0.15, 0.2) is 158 Å². The van der Waals surface area contributed by atoms with Crippen LogP contribution in [0, 0.1) is 0 Å². The minimum Gasteiger partial charge on any atom is -0.310 e. The number of benzene rings is 7. The fourth-order valence-electron chi connectivity index (χ4n) is 7.64. The Morgan fingerprint density at radius 2 is 1.11 bits per heavy atom. The molecular formula is C43H32N2. The highest BCUT2D eigenvalue weighted by atomic mass is 15.1. The van der Waals surface area contributed by atoms with E-state index in [4.69, 9.17) is 0 Å². The van der Waals surface area contributed by atoms with Gasteiger partial charge < -0.3 is 9.47 Å². The van der Waals surface area contributed by atoms with E-state index >= 15 is 0 Å². The van der Waals surface area contributed by atoms with Crippen molar-refractivity contribution in [2.24, 2.45) is 0 Å². The Morgan fingerprint density at radius 3 is 1.89 bits per heavy atom. The van der Waals surface area contributed by atoms with E-state index in [0.29, 0.717) is 0 Å². The number of anilines is 3. The van der Waals surface area contributed by atoms with Gasteiger partial charge >= 0.3 is 0 Å². The van der Waals surface area contributed by atoms with Crippen LogP contribution in [0.5, 0.6) is 0 Å². The van der Waals surface area contributed by atoms with Crippen molar-refractivity contribution in [3.63, 3.8) is 0 Å². The van der Waals surface area contributed by atoms with Gasteiger partial charge in [0.25, 0.3) is 0 Å². The van der Waals surface area contributed by atoms with Crippen molar-refractivity contribution < 1.29 is 0 Å². The number of rotatable bonds is 4. The Kier molecular flexibility index (Phi) is 5.58. The monoisotopic (exact) mass is 576 g/mol. The van der Waals surface area contributed by atoms with Crippen LogP contribution >= 0.6 is 0 Å². The van der Waals surface area contributed by atoms with Crippen molar-refractivity contribution in [2.45, 2.75) is 19.3 Å². The predicted molar refractivity (Wildman–Crippen MR) is 191 cm³/mol. The maximum atomic E-state index is 2.44. The van der Waals surface area contributed by atoms with Gasteiger partial charge in [0.2, 0.25) is 0 Å². The lowest BCUT2D eigenvalue weighted by Gasteiger charge is -2.25. The highest BCUT2D eigenvalue weighted by Crippen LogP contribution is 2.51. The standard InChI is InChI=1S/C43H32N2/c1-43(2)38-19-11-9-18-37(38)42-34-24-22-32(27-29(34)21-26-39(42)43)45-40-20-12-10-17-35(40)36-25-23-33(28-41(36)45)44(30-13-5-3-6-14-30)31-15-7-4-8-16-31/h3-28H,1-2H3. The number of aromatic nitrogens is 1. The molecule has 0 aliphatic heterocycles. The maximum Gasteiger partial charge on any atom is 0.0561 e. The summed E-state index contributed by atoms with van der Waals surface area (Å²) in [5.74, 6) is 0. The predicted octanol–water partition coefficient (Wildman–Crippen LogP) is 11.7. The lowest BCUT2D eigenvalue weighted by molar-refractivity contribution is 0.661. The minimum atomic E-state index is -0.00853. The number of hydrogen-bond donors (Lipinski definition) is 0. The molecule has 1 aliphatic carbocycles. The number of hydrogen-bond acceptors (Lipinski definition) is 1. The molecule has 0 unspecified atom stereocenters. The zero-order valence-electron chi connectivity index (χ0n) is 25.4. The lowest BCUT2D eigenvalue weighted by Crippen LogP contribution is -2.14. The molecule has 0 N–H and O–H groups in total. The molecule has 1 aliphatic rings. The molecule has 8 aromatic rings. The summed E-state index contributed by atoms with van der Waals surface area (Å²) in [5.41, 5.74) is 12.5. The number of nitrogens with zero attached hydrogens (tertiary/aromatic N) is 2. The molecule has 214 valence electrons. The molecule has 0 radical (unpaired) electrons. The fourth-order valence-corrected chi connectivity index (χ4v) is 7.64. The van der Waals surface area contributed by atoms with Crippen molar-refractivity contribution in [1.82, 2.24) is 4.57 Å². The second-order valence-electron chi connectivity index (χ2n) is 12.6. The second-order valence-corrected chi connectivity index (χ2v) is 12.6. The van der Waals surface area contributed by atoms with Crippen molar-refractivity contribution in [3.05, 3.63) is 169 Å². The Morgan fingerprint density at radius 1 is 0.467 bits per heavy atom. The normalized spacial score (nSPS) is 13.3. The molecule has 0 atom stereocenters. The second kappa shape index (κ2) is 9.70. The van der Waals surface area contributed by atoms with E-state index in [2.05, 4.69) is 181 Å². The van der Waals surface area contributed by atoms with Crippen molar-refractivity contribution in [1.29, 1.82) is 0 Å². The van der Waals surface area contributed by atoms with E-state index < -0.39 is 0 Å². The summed E-state index contributed by atoms with van der Waals surface area (Å²) in [5, 5.41) is 5.08. The highest BCUT2D eigenvalue weighted by molar-refractivity contribution is 6.11. The summed E-state index contributed by atoms with van der Waals surface area (Å²) in [6.07, 6.45) is 0. The van der Waals surface area contributed by atoms with Gasteiger partial charge in [-0.2, -0.15) is 0 Å². The molecule has 9 rings (SSSR count). The van der Waals surface area contributed by atoms with Crippen LogP contribution < -0.4 is 4.90 Å². The lowest BCUT2D eigenvalue weighted by atomic mass is 9.82. The van der Waals surface area contributed by atoms with Crippen LogP contribution in [0.3, 0.4) is 0 Å². The first-order valence-corrected chi connectivity index (χ1v) is 15.7. The molecule has 0 spiro atoms. The molecule has 2 nitrogen and oxygen atoms in total. The van der Waals surface area contributed by atoms with Gasteiger partial charge in [-0.3, -0.25) is 0 Å². The Labute approximate surface area is 263 Å². The zero-order chi connectivity index (χ0) is 30.1. The largest absolute Gasteiger partial charge is 0.310 e. The highest BCUT2D eigenvalue weighted by Gasteiger charge is 2.36. The van der Waals surface area contributed by atoms with Crippen LogP contribution in [-0.2, 0) is 5.41 Å². The third kappa shape index (κ3) is 3.82. The van der Waals surface area contributed by atoms with Gasteiger partial charge in [0.15, 0.2) is 0 Å². The van der Waals surface area contributed by atoms with Crippen LogP contribution in [-0.4, -0.2) is 4.57 Å². The van der Waals surface area contributed by atoms with Crippen molar-refractivity contribution >= 4 is 49.6 Å². The van der Waals surface area contributed by atoms with Crippen LogP contribution in [0.1, 0.15) is 25.0 Å². The van der Waals surface area contributed by atoms with Gasteiger partial charge in [-0.1, -0.05) is 117 Å². The first-order chi connectivity index (χ1) is 22.1. The quantitative estimate of drug-likeness (QED) is 0.202. The maximum absolute atomic E-state index is 2.44. The molecule has 7 aromatic carbocycles. The Hall–Kier alpha value is -5.60. The molecule has 2 heteroatoms. The van der Waals surface area contributed by atoms with Gasteiger partial charge in [-0.05, 0) is 87.6 Å². The van der Waals surface area contributed by atoms with Crippen molar-refractivity contribution in [3.8, 4) is 16.8 Å². The molecule has 0 bridgehead atoms. The third-order valence-electron chi connectivity index (χ3n) is 9.75. The average molecular weight is 577 g/mol. The van der Waals surface area contributed by atoms with Gasteiger partial charge in [-0.25, -0.2) is 0 Å². The number of para-hydroxylation sites is 3. The van der Waals surface area contributed by atoms with Crippen LogP contribution in [0.2, 0.25) is 0 Å². The van der Waals surface area contributed by atoms with Crippen LogP contribution in [0.4, 0.5) is 17.1 Å². The molecule has 1 aromatic heterocycles. The summed E-state index contributed by atoms with van der Waals surface area (Å²) in [7, 11) is 0. The first kappa shape index (κ1) is 25.9. The average Bonchev–Trinajstić information content (AvgIpc) is 3.54. The summed E-state index contributed by atoms with van der Waals surface area (Å²) < 4.78 is 2.44. The molecule has 0 saturated heterocycles. The van der Waals surface area contributed by atoms with Crippen molar-refractivity contribution in [2.75, 3.05) is 4.90 Å². The van der Waals surface area contributed by atoms with Gasteiger partial charge in [-0.15, -0.1) is 0 Å². The SMILES string of the molecule is CC1(C)c2ccccc2-c2c1ccc1cc(-n3c4ccccc4c4ccc(N(c5ccccc5)c5ccccc5)cc43)ccc21. The smallest absolute Gasteiger partial charge is 0.0561 e. The molecule has 0 amide bonds. The third-order valence-corrected chi connectivity index (χ3v) is 9.75. The molecule has 45 heavy (non-hydrogen) atoms. The summed E-state index contributed by atoms with van der Waals surface area (Å²) in [6, 6.07) is 57.5. The van der Waals surface area contributed by atoms with E-state index in [9.17, 15) is 0 Å². The van der Waals surface area contributed by atoms with E-state index in [1.165, 1.54) is 60.5 Å². The molecule has 0 fully saturated rings. The summed E-state index contributed by atoms with van der Waals surface area (Å²) in [6.45, 7) is 4.70. The van der Waals surface area contributed by atoms with E-state index in [0.717, 1.165) is 17.1 Å². The van der Waals surface area contributed by atoms with Crippen LogP contribution in [0.25, 0.3) is 49.4 Å². The Balaban J connectivity index is 1.28. The molecule has 0 saturated carbocycles. The fraction of sp³-hybridized carbons (Fsp3) is 0.0698. The van der Waals surface area contributed by atoms with E-state index in [-0.39, 0.29) is 5.41 Å². The van der Waals surface area contributed by atoms with Gasteiger partial charge in [0.05, 0.1) is 11.0 Å². The Bertz CT molecular complexity index is 2360.